The molecule has 0 saturated carbocycles. The van der Waals surface area contributed by atoms with Gasteiger partial charge < -0.3 is 19.5 Å². The first-order valence-corrected chi connectivity index (χ1v) is 9.35. The van der Waals surface area contributed by atoms with Crippen molar-refractivity contribution in [1.29, 1.82) is 0 Å². The number of aryl methyl sites for hydroxylation is 1. The first-order valence-electron chi connectivity index (χ1n) is 9.35. The molecular weight excluding hydrogens is 346 g/mol. The molecule has 148 valence electrons. The van der Waals surface area contributed by atoms with Crippen molar-refractivity contribution in [3.05, 3.63) is 35.2 Å². The molecule has 1 amide bonds. The minimum absolute atomic E-state index is 0.121. The smallest absolute Gasteiger partial charge is 0.253 e. The summed E-state index contributed by atoms with van der Waals surface area (Å²) >= 11 is 0. The highest BCUT2D eigenvalue weighted by Crippen LogP contribution is 2.42. The molecule has 2 atom stereocenters. The number of hydrogen-bond donors (Lipinski definition) is 1. The molecule has 3 rings (SSSR count). The zero-order valence-corrected chi connectivity index (χ0v) is 16.7. The van der Waals surface area contributed by atoms with Crippen molar-refractivity contribution in [1.82, 2.24) is 9.78 Å². The van der Waals surface area contributed by atoms with E-state index in [1.54, 1.807) is 24.1 Å². The molecule has 1 saturated heterocycles. The number of fused-ring (bicyclic) bond motifs is 1. The predicted molar refractivity (Wildman–Crippen MR) is 102 cm³/mol. The molecule has 1 fully saturated rings. The van der Waals surface area contributed by atoms with E-state index < -0.39 is 0 Å². The maximum Gasteiger partial charge on any atom is 0.253 e. The third-order valence-electron chi connectivity index (χ3n) is 4.92. The molecule has 0 aromatic carbocycles. The molecule has 1 aromatic rings. The summed E-state index contributed by atoms with van der Waals surface area (Å²) in [5, 5.41) is 7.05. The summed E-state index contributed by atoms with van der Waals surface area (Å²) in [5.41, 5.74) is 1.52. The van der Waals surface area contributed by atoms with Crippen molar-refractivity contribution < 1.29 is 19.0 Å². The summed E-state index contributed by atoms with van der Waals surface area (Å²) < 4.78 is 19.1. The molecule has 7 heteroatoms. The van der Waals surface area contributed by atoms with E-state index in [1.807, 2.05) is 20.0 Å². The van der Waals surface area contributed by atoms with E-state index in [2.05, 4.69) is 24.3 Å². The normalized spacial score (nSPS) is 22.3. The SMILES string of the molecule is COC(C)CCOC1=C2CC(C)(C)OC2CC(C(=O)Nc2ccn(C)n2)=C1. The van der Waals surface area contributed by atoms with Crippen LogP contribution in [0.4, 0.5) is 5.82 Å². The number of carbonyl (C=O) groups is 1. The monoisotopic (exact) mass is 375 g/mol. The summed E-state index contributed by atoms with van der Waals surface area (Å²) in [6, 6.07) is 1.77. The standard InChI is InChI=1S/C20H29N3O4/c1-13(25-5)7-9-26-16-10-14(11-17-15(16)12-20(2,3)27-17)19(24)21-18-6-8-23(4)22-18/h6,8,10,13,17H,7,9,11-12H2,1-5H3,(H,21,22,24). The molecule has 0 bridgehead atoms. The maximum atomic E-state index is 12.7. The van der Waals surface area contributed by atoms with E-state index in [-0.39, 0.29) is 23.7 Å². The third-order valence-corrected chi connectivity index (χ3v) is 4.92. The average Bonchev–Trinajstić information content (AvgIpc) is 3.15. The van der Waals surface area contributed by atoms with Gasteiger partial charge in [0.15, 0.2) is 5.82 Å². The van der Waals surface area contributed by atoms with E-state index in [0.29, 0.717) is 24.4 Å². The zero-order chi connectivity index (χ0) is 19.6. The van der Waals surface area contributed by atoms with E-state index in [1.165, 1.54) is 0 Å². The second kappa shape index (κ2) is 7.86. The van der Waals surface area contributed by atoms with Crippen LogP contribution in [-0.2, 0) is 26.1 Å². The Morgan fingerprint density at radius 1 is 1.52 bits per heavy atom. The molecule has 27 heavy (non-hydrogen) atoms. The van der Waals surface area contributed by atoms with Gasteiger partial charge in [0.25, 0.3) is 5.91 Å². The third kappa shape index (κ3) is 4.78. The number of carbonyl (C=O) groups excluding carboxylic acids is 1. The topological polar surface area (TPSA) is 74.6 Å². The number of hydrogen-bond acceptors (Lipinski definition) is 5. The lowest BCUT2D eigenvalue weighted by Gasteiger charge is -2.23. The molecular formula is C20H29N3O4. The van der Waals surface area contributed by atoms with Crippen LogP contribution in [0.1, 0.15) is 40.0 Å². The highest BCUT2D eigenvalue weighted by atomic mass is 16.5. The molecule has 2 heterocycles. The highest BCUT2D eigenvalue weighted by Gasteiger charge is 2.41. The lowest BCUT2D eigenvalue weighted by Crippen LogP contribution is -2.25. The fourth-order valence-corrected chi connectivity index (χ4v) is 3.41. The summed E-state index contributed by atoms with van der Waals surface area (Å²) in [6.07, 6.45) is 5.78. The number of amides is 1. The second-order valence-corrected chi connectivity index (χ2v) is 7.82. The highest BCUT2D eigenvalue weighted by molar-refractivity contribution is 6.03. The van der Waals surface area contributed by atoms with Crippen molar-refractivity contribution in [3.8, 4) is 0 Å². The summed E-state index contributed by atoms with van der Waals surface area (Å²) in [6.45, 7) is 6.67. The number of rotatable bonds is 7. The molecule has 7 nitrogen and oxygen atoms in total. The maximum absolute atomic E-state index is 12.7. The van der Waals surface area contributed by atoms with Crippen LogP contribution in [0.25, 0.3) is 0 Å². The first kappa shape index (κ1) is 19.6. The van der Waals surface area contributed by atoms with Crippen LogP contribution < -0.4 is 5.32 Å². The minimum atomic E-state index is -0.255. The van der Waals surface area contributed by atoms with Crippen LogP contribution in [0.15, 0.2) is 35.2 Å². The Labute approximate surface area is 160 Å². The Kier molecular flexibility index (Phi) is 5.72. The Morgan fingerprint density at radius 2 is 2.30 bits per heavy atom. The van der Waals surface area contributed by atoms with Gasteiger partial charge in [-0.05, 0) is 26.8 Å². The van der Waals surface area contributed by atoms with Gasteiger partial charge in [-0.25, -0.2) is 0 Å². The number of methoxy groups -OCH3 is 1. The molecule has 1 aliphatic heterocycles. The van der Waals surface area contributed by atoms with Gasteiger partial charge in [-0.2, -0.15) is 5.10 Å². The first-order chi connectivity index (χ1) is 12.8. The van der Waals surface area contributed by atoms with Crippen LogP contribution >= 0.6 is 0 Å². The van der Waals surface area contributed by atoms with Crippen LogP contribution in [0, 0.1) is 0 Å². The molecule has 2 aliphatic rings. The fourth-order valence-electron chi connectivity index (χ4n) is 3.41. The van der Waals surface area contributed by atoms with Gasteiger partial charge in [0.05, 0.1) is 24.4 Å². The summed E-state index contributed by atoms with van der Waals surface area (Å²) in [7, 11) is 3.50. The number of aromatic nitrogens is 2. The summed E-state index contributed by atoms with van der Waals surface area (Å²) in [4.78, 5) is 12.7. The van der Waals surface area contributed by atoms with Gasteiger partial charge in [0.1, 0.15) is 5.76 Å². The lowest BCUT2D eigenvalue weighted by atomic mass is 9.90. The van der Waals surface area contributed by atoms with E-state index >= 15 is 0 Å². The van der Waals surface area contributed by atoms with Crippen LogP contribution in [0.3, 0.4) is 0 Å². The molecule has 1 aromatic heterocycles. The Hall–Kier alpha value is -2.12. The Balaban J connectivity index is 1.75. The van der Waals surface area contributed by atoms with E-state index in [0.717, 1.165) is 24.2 Å². The molecule has 1 N–H and O–H groups in total. The number of anilines is 1. The molecule has 0 spiro atoms. The van der Waals surface area contributed by atoms with Crippen LogP contribution in [-0.4, -0.2) is 47.2 Å². The van der Waals surface area contributed by atoms with Crippen molar-refractivity contribution in [2.75, 3.05) is 19.0 Å². The van der Waals surface area contributed by atoms with Crippen LogP contribution in [0.2, 0.25) is 0 Å². The number of ether oxygens (including phenoxy) is 3. The fraction of sp³-hybridized carbons (Fsp3) is 0.600. The number of nitrogens with one attached hydrogen (secondary N) is 1. The second-order valence-electron chi connectivity index (χ2n) is 7.82. The molecule has 2 unspecified atom stereocenters. The van der Waals surface area contributed by atoms with Gasteiger partial charge in [-0.1, -0.05) is 0 Å². The van der Waals surface area contributed by atoms with Gasteiger partial charge in [-0.15, -0.1) is 0 Å². The van der Waals surface area contributed by atoms with Crippen molar-refractivity contribution in [3.63, 3.8) is 0 Å². The predicted octanol–water partition coefficient (Wildman–Crippen LogP) is 2.95. The largest absolute Gasteiger partial charge is 0.493 e. The van der Waals surface area contributed by atoms with Gasteiger partial charge in [-0.3, -0.25) is 9.48 Å². The Morgan fingerprint density at radius 3 is 2.96 bits per heavy atom. The number of nitrogens with zero attached hydrogens (tertiary/aromatic N) is 2. The Bertz CT molecular complexity index is 763. The minimum Gasteiger partial charge on any atom is -0.493 e. The quantitative estimate of drug-likeness (QED) is 0.793. The molecule has 1 aliphatic carbocycles. The zero-order valence-electron chi connectivity index (χ0n) is 16.7. The lowest BCUT2D eigenvalue weighted by molar-refractivity contribution is -0.113. The summed E-state index contributed by atoms with van der Waals surface area (Å²) in [5.74, 6) is 1.11. The average molecular weight is 375 g/mol. The molecule has 0 radical (unpaired) electrons. The van der Waals surface area contributed by atoms with Crippen molar-refractivity contribution >= 4 is 11.7 Å². The van der Waals surface area contributed by atoms with Gasteiger partial charge in [0.2, 0.25) is 0 Å². The van der Waals surface area contributed by atoms with E-state index in [4.69, 9.17) is 14.2 Å². The van der Waals surface area contributed by atoms with E-state index in [9.17, 15) is 4.79 Å². The van der Waals surface area contributed by atoms with Gasteiger partial charge >= 0.3 is 0 Å². The van der Waals surface area contributed by atoms with Crippen LogP contribution in [0.5, 0.6) is 0 Å². The van der Waals surface area contributed by atoms with Crippen molar-refractivity contribution in [2.24, 2.45) is 7.05 Å². The number of allylic oxidation sites excluding steroid dienone is 1. The van der Waals surface area contributed by atoms with Gasteiger partial charge in [0, 0.05) is 56.8 Å². The van der Waals surface area contributed by atoms with Crippen molar-refractivity contribution in [2.45, 2.75) is 57.8 Å².